The Morgan fingerprint density at radius 1 is 1.00 bits per heavy atom. The van der Waals surface area contributed by atoms with E-state index in [0.29, 0.717) is 30.2 Å². The molecule has 3 aromatic rings. The number of aliphatic hydroxyl groups is 2. The summed E-state index contributed by atoms with van der Waals surface area (Å²) in [7, 11) is 0. The minimum atomic E-state index is -0.529. The molecule has 0 spiro atoms. The lowest BCUT2D eigenvalue weighted by Gasteiger charge is -2.25. The number of nitrogens with zero attached hydrogens (tertiary/aromatic N) is 2. The Hall–Kier alpha value is -2.31. The molecule has 156 valence electrons. The van der Waals surface area contributed by atoms with Crippen LogP contribution < -0.4 is 5.32 Å². The number of hydrogen-bond donors (Lipinski definition) is 3. The van der Waals surface area contributed by atoms with Crippen LogP contribution in [-0.2, 0) is 13.0 Å². The highest BCUT2D eigenvalue weighted by molar-refractivity contribution is 6.30. The lowest BCUT2D eigenvalue weighted by molar-refractivity contribution is 0.0716. The van der Waals surface area contributed by atoms with Crippen LogP contribution in [0.3, 0.4) is 0 Å². The molecule has 4 unspecified atom stereocenters. The lowest BCUT2D eigenvalue weighted by atomic mass is 9.88. The van der Waals surface area contributed by atoms with E-state index in [9.17, 15) is 10.2 Å². The van der Waals surface area contributed by atoms with Crippen LogP contribution in [0.2, 0.25) is 5.02 Å². The quantitative estimate of drug-likeness (QED) is 0.542. The largest absolute Gasteiger partial charge is 0.396 e. The van der Waals surface area contributed by atoms with Crippen molar-refractivity contribution in [3.05, 3.63) is 83.1 Å². The molecule has 1 aliphatic rings. The van der Waals surface area contributed by atoms with Crippen LogP contribution in [0.5, 0.6) is 0 Å². The van der Waals surface area contributed by atoms with Gasteiger partial charge in [-0.05, 0) is 42.5 Å². The molecule has 30 heavy (non-hydrogen) atoms. The predicted octanol–water partition coefficient (Wildman–Crippen LogP) is 3.49. The van der Waals surface area contributed by atoms with E-state index in [0.717, 1.165) is 16.8 Å². The van der Waals surface area contributed by atoms with Crippen molar-refractivity contribution < 1.29 is 10.2 Å². The molecular weight excluding hydrogens is 398 g/mol. The minimum absolute atomic E-state index is 0.0401. The molecule has 6 heteroatoms. The molecule has 1 aromatic heterocycles. The summed E-state index contributed by atoms with van der Waals surface area (Å²) in [6.45, 7) is 0.643. The van der Waals surface area contributed by atoms with E-state index in [-0.39, 0.29) is 24.5 Å². The number of benzene rings is 2. The summed E-state index contributed by atoms with van der Waals surface area (Å²) in [5.41, 5.74) is 3.02. The highest BCUT2D eigenvalue weighted by Gasteiger charge is 2.42. The van der Waals surface area contributed by atoms with Crippen LogP contribution in [0.15, 0.2) is 66.9 Å². The first-order valence-corrected chi connectivity index (χ1v) is 10.7. The van der Waals surface area contributed by atoms with Crippen molar-refractivity contribution in [2.24, 2.45) is 11.8 Å². The van der Waals surface area contributed by atoms with Crippen LogP contribution in [0.25, 0.3) is 11.4 Å². The first-order chi connectivity index (χ1) is 14.6. The minimum Gasteiger partial charge on any atom is -0.396 e. The van der Waals surface area contributed by atoms with Gasteiger partial charge in [0.1, 0.15) is 0 Å². The van der Waals surface area contributed by atoms with Crippen LogP contribution in [0, 0.1) is 11.8 Å². The van der Waals surface area contributed by atoms with Crippen molar-refractivity contribution in [1.82, 2.24) is 15.3 Å². The molecule has 2 aromatic carbocycles. The summed E-state index contributed by atoms with van der Waals surface area (Å²) in [5.74, 6) is 0.594. The van der Waals surface area contributed by atoms with E-state index in [4.69, 9.17) is 16.6 Å². The van der Waals surface area contributed by atoms with Gasteiger partial charge in [-0.25, -0.2) is 9.97 Å². The third-order valence-corrected chi connectivity index (χ3v) is 6.19. The summed E-state index contributed by atoms with van der Waals surface area (Å²) in [6, 6.07) is 19.6. The Balaban J connectivity index is 1.50. The molecule has 1 saturated carbocycles. The molecule has 1 aliphatic carbocycles. The van der Waals surface area contributed by atoms with Crippen LogP contribution >= 0.6 is 11.6 Å². The van der Waals surface area contributed by atoms with E-state index in [1.54, 1.807) is 6.20 Å². The number of aliphatic hydroxyl groups excluding tert-OH is 2. The normalized spacial score (nSPS) is 23.6. The van der Waals surface area contributed by atoms with Crippen molar-refractivity contribution in [2.45, 2.75) is 31.5 Å². The maximum atomic E-state index is 10.5. The van der Waals surface area contributed by atoms with Gasteiger partial charge in [-0.15, -0.1) is 0 Å². The maximum Gasteiger partial charge on any atom is 0.159 e. The summed E-state index contributed by atoms with van der Waals surface area (Å²) in [4.78, 5) is 9.15. The molecule has 0 aliphatic heterocycles. The summed E-state index contributed by atoms with van der Waals surface area (Å²) in [5, 5.41) is 24.7. The molecule has 1 fully saturated rings. The van der Waals surface area contributed by atoms with E-state index < -0.39 is 6.10 Å². The molecule has 4 rings (SSSR count). The second kappa shape index (κ2) is 9.67. The molecule has 4 atom stereocenters. The molecular formula is C24H26ClN3O2. The molecule has 0 bridgehead atoms. The van der Waals surface area contributed by atoms with Crippen molar-refractivity contribution in [3.63, 3.8) is 0 Å². The van der Waals surface area contributed by atoms with Crippen molar-refractivity contribution in [2.75, 3.05) is 6.61 Å². The van der Waals surface area contributed by atoms with Gasteiger partial charge in [-0.2, -0.15) is 0 Å². The van der Waals surface area contributed by atoms with E-state index in [1.807, 2.05) is 60.7 Å². The van der Waals surface area contributed by atoms with Crippen LogP contribution in [0.1, 0.15) is 17.7 Å². The van der Waals surface area contributed by atoms with Crippen LogP contribution in [-0.4, -0.2) is 38.9 Å². The smallest absolute Gasteiger partial charge is 0.159 e. The van der Waals surface area contributed by atoms with Gasteiger partial charge in [0.25, 0.3) is 0 Å². The number of halogens is 1. The number of rotatable bonds is 7. The van der Waals surface area contributed by atoms with Crippen molar-refractivity contribution in [3.8, 4) is 11.4 Å². The van der Waals surface area contributed by atoms with Gasteiger partial charge in [0, 0.05) is 47.6 Å². The zero-order chi connectivity index (χ0) is 20.9. The standard InChI is InChI=1S/C24H26ClN3O2/c25-18-8-6-16(7-9-18)14-27-22-13-23(30)21(15-29)20(22)12-19-10-11-26-24(28-19)17-4-2-1-3-5-17/h1-11,20-23,27,29-30H,12-15H2. The van der Waals surface area contributed by atoms with Crippen molar-refractivity contribution in [1.29, 1.82) is 0 Å². The Bertz CT molecular complexity index is 952. The first kappa shape index (κ1) is 20.9. The Morgan fingerprint density at radius 3 is 2.50 bits per heavy atom. The predicted molar refractivity (Wildman–Crippen MR) is 118 cm³/mol. The van der Waals surface area contributed by atoms with Gasteiger partial charge in [-0.3, -0.25) is 0 Å². The summed E-state index contributed by atoms with van der Waals surface area (Å²) < 4.78 is 0. The molecule has 1 heterocycles. The molecule has 3 N–H and O–H groups in total. The topological polar surface area (TPSA) is 78.3 Å². The second-order valence-corrected chi connectivity index (χ2v) is 8.31. The first-order valence-electron chi connectivity index (χ1n) is 10.3. The monoisotopic (exact) mass is 423 g/mol. The third kappa shape index (κ3) is 4.87. The van der Waals surface area contributed by atoms with Gasteiger partial charge in [-0.1, -0.05) is 54.1 Å². The maximum absolute atomic E-state index is 10.5. The van der Waals surface area contributed by atoms with Gasteiger partial charge in [0.05, 0.1) is 6.10 Å². The van der Waals surface area contributed by atoms with Gasteiger partial charge in [0.15, 0.2) is 5.82 Å². The third-order valence-electron chi connectivity index (χ3n) is 5.94. The van der Waals surface area contributed by atoms with Crippen molar-refractivity contribution >= 4 is 11.6 Å². The highest BCUT2D eigenvalue weighted by Crippen LogP contribution is 2.35. The van der Waals surface area contributed by atoms with Gasteiger partial charge in [0.2, 0.25) is 0 Å². The van der Waals surface area contributed by atoms with E-state index >= 15 is 0 Å². The second-order valence-electron chi connectivity index (χ2n) is 7.87. The highest BCUT2D eigenvalue weighted by atomic mass is 35.5. The SMILES string of the molecule is OCC1C(O)CC(NCc2ccc(Cl)cc2)C1Cc1ccnc(-c2ccccc2)n1. The van der Waals surface area contributed by atoms with E-state index in [1.165, 1.54) is 0 Å². The average Bonchev–Trinajstić information content (AvgIpc) is 3.08. The Labute approximate surface area is 181 Å². The number of hydrogen-bond acceptors (Lipinski definition) is 5. The van der Waals surface area contributed by atoms with Gasteiger partial charge < -0.3 is 15.5 Å². The zero-order valence-electron chi connectivity index (χ0n) is 16.7. The summed E-state index contributed by atoms with van der Waals surface area (Å²) >= 11 is 5.97. The molecule has 5 nitrogen and oxygen atoms in total. The Kier molecular flexibility index (Phi) is 6.75. The zero-order valence-corrected chi connectivity index (χ0v) is 17.4. The molecule has 0 amide bonds. The number of aromatic nitrogens is 2. The fourth-order valence-electron chi connectivity index (χ4n) is 4.31. The summed E-state index contributed by atoms with van der Waals surface area (Å²) in [6.07, 6.45) is 2.53. The van der Waals surface area contributed by atoms with Gasteiger partial charge >= 0.3 is 0 Å². The fraction of sp³-hybridized carbons (Fsp3) is 0.333. The Morgan fingerprint density at radius 2 is 1.77 bits per heavy atom. The molecule has 0 radical (unpaired) electrons. The molecule has 0 saturated heterocycles. The number of nitrogens with one attached hydrogen (secondary N) is 1. The fourth-order valence-corrected chi connectivity index (χ4v) is 4.43. The van der Waals surface area contributed by atoms with E-state index in [2.05, 4.69) is 10.3 Å². The van der Waals surface area contributed by atoms with Crippen LogP contribution in [0.4, 0.5) is 0 Å². The average molecular weight is 424 g/mol. The lowest BCUT2D eigenvalue weighted by Crippen LogP contribution is -2.36.